The monoisotopic (exact) mass is 571 g/mol. The van der Waals surface area contributed by atoms with Crippen LogP contribution in [0.2, 0.25) is 0 Å². The topological polar surface area (TPSA) is 178 Å². The molecule has 0 amide bonds. The van der Waals surface area contributed by atoms with Crippen LogP contribution in [-0.4, -0.2) is 62.3 Å². The van der Waals surface area contributed by atoms with Crippen molar-refractivity contribution in [2.75, 3.05) is 6.61 Å². The van der Waals surface area contributed by atoms with Crippen LogP contribution in [0, 0.1) is 5.92 Å². The summed E-state index contributed by atoms with van der Waals surface area (Å²) in [5.74, 6) is -0.561. The Labute approximate surface area is 228 Å². The van der Waals surface area contributed by atoms with Gasteiger partial charge in [0.2, 0.25) is 0 Å². The zero-order chi connectivity index (χ0) is 30.7. The third kappa shape index (κ3) is 7.87. The minimum Gasteiger partial charge on any atom is -0.462 e. The average molecular weight is 572 g/mol. The number of H-pyrrole nitrogens is 1. The van der Waals surface area contributed by atoms with Crippen molar-refractivity contribution < 1.29 is 40.8 Å². The van der Waals surface area contributed by atoms with E-state index in [0.717, 1.165) is 6.92 Å². The first-order valence-electron chi connectivity index (χ1n) is 13.4. The van der Waals surface area contributed by atoms with Gasteiger partial charge < -0.3 is 24.2 Å². The number of ether oxygens (including phenoxy) is 2. The van der Waals surface area contributed by atoms with Gasteiger partial charge in [-0.15, -0.1) is 0 Å². The van der Waals surface area contributed by atoms with Crippen molar-refractivity contribution in [3.8, 4) is 5.75 Å². The van der Waals surface area contributed by atoms with Crippen LogP contribution in [0.5, 0.6) is 5.75 Å². The Morgan fingerprint density at radius 3 is 2.56 bits per heavy atom. The van der Waals surface area contributed by atoms with Gasteiger partial charge in [0.25, 0.3) is 5.56 Å². The van der Waals surface area contributed by atoms with Crippen molar-refractivity contribution in [3.05, 3.63) is 63.4 Å². The van der Waals surface area contributed by atoms with Crippen LogP contribution < -0.4 is 20.9 Å². The summed E-state index contributed by atoms with van der Waals surface area (Å²) in [5, 5.41) is 24.5. The molecule has 1 aromatic carbocycles. The summed E-state index contributed by atoms with van der Waals surface area (Å²) >= 11 is 0. The van der Waals surface area contributed by atoms with Gasteiger partial charge in [-0.05, 0) is 45.2 Å². The number of carbonyl (C=O) groups is 1. The number of aromatic amines is 1. The zero-order valence-electron chi connectivity index (χ0n) is 24.3. The molecule has 13 nitrogen and oxygen atoms in total. The molecule has 4 N–H and O–H groups in total. The third-order valence-electron chi connectivity index (χ3n) is 5.75. The van der Waals surface area contributed by atoms with E-state index in [2.05, 4.69) is 5.09 Å². The lowest BCUT2D eigenvalue weighted by Crippen LogP contribution is -2.47. The van der Waals surface area contributed by atoms with Gasteiger partial charge in [-0.25, -0.2) is 9.36 Å². The first-order chi connectivity index (χ1) is 19.1. The second kappa shape index (κ2) is 12.6. The van der Waals surface area contributed by atoms with Crippen LogP contribution in [0.4, 0.5) is 0 Å². The number of hydrogen-bond donors (Lipinski definition) is 4. The first-order valence-corrected chi connectivity index (χ1v) is 14.0. The fourth-order valence-corrected chi connectivity index (χ4v) is 5.44. The largest absolute Gasteiger partial charge is 0.462 e. The summed E-state index contributed by atoms with van der Waals surface area (Å²) in [6, 6.07) is 6.04. The van der Waals surface area contributed by atoms with Gasteiger partial charge in [0.15, 0.2) is 6.23 Å². The van der Waals surface area contributed by atoms with Crippen molar-refractivity contribution in [2.45, 2.75) is 77.2 Å². The lowest BCUT2D eigenvalue weighted by atomic mass is 9.96. The Kier molecular flexibility index (Phi) is 8.96. The van der Waals surface area contributed by atoms with E-state index < -0.39 is 80.0 Å². The van der Waals surface area contributed by atoms with Crippen LogP contribution in [0.25, 0.3) is 0 Å². The summed E-state index contributed by atoms with van der Waals surface area (Å²) < 4.78 is 52.6. The van der Waals surface area contributed by atoms with Crippen molar-refractivity contribution in [2.24, 2.45) is 5.92 Å². The van der Waals surface area contributed by atoms with Crippen molar-refractivity contribution in [1.82, 2.24) is 14.6 Å². The SMILES string of the molecule is [2H]c1c([2H])n([C@@H]2O[C@H](COP(=O)(NC(CC(C)C)C(=O)OC(C)C)Oc3ccccc3)[C@@H](O)[C@@]2(C)O)c(=O)[nH]c1=O. The van der Waals surface area contributed by atoms with Crippen molar-refractivity contribution >= 4 is 13.7 Å². The molecule has 0 radical (unpaired) electrons. The summed E-state index contributed by atoms with van der Waals surface area (Å²) in [5.41, 5.74) is -4.46. The van der Waals surface area contributed by atoms with E-state index in [4.69, 9.17) is 21.3 Å². The highest BCUT2D eigenvalue weighted by Gasteiger charge is 2.54. The number of nitrogens with zero attached hydrogens (tertiary/aromatic N) is 1. The minimum absolute atomic E-state index is 0.0233. The minimum atomic E-state index is -4.40. The third-order valence-corrected chi connectivity index (χ3v) is 7.32. The molecule has 1 aliphatic rings. The van der Waals surface area contributed by atoms with E-state index in [1.165, 1.54) is 12.1 Å². The Morgan fingerprint density at radius 1 is 1.28 bits per heavy atom. The van der Waals surface area contributed by atoms with Crippen LogP contribution in [0.1, 0.15) is 50.0 Å². The number of nitrogens with one attached hydrogen (secondary N) is 2. The first kappa shape index (κ1) is 27.8. The summed E-state index contributed by atoms with van der Waals surface area (Å²) in [7, 11) is -4.40. The van der Waals surface area contributed by atoms with Crippen LogP contribution in [0.15, 0.2) is 52.1 Å². The molecule has 1 aliphatic heterocycles. The van der Waals surface area contributed by atoms with E-state index in [1.54, 1.807) is 32.0 Å². The highest BCUT2D eigenvalue weighted by Crippen LogP contribution is 2.47. The van der Waals surface area contributed by atoms with Gasteiger partial charge in [-0.2, -0.15) is 5.09 Å². The number of para-hydroxylation sites is 1. The second-order valence-electron chi connectivity index (χ2n) is 10.1. The van der Waals surface area contributed by atoms with E-state index in [-0.39, 0.29) is 18.1 Å². The average Bonchev–Trinajstić information content (AvgIpc) is 3.09. The molecule has 2 aromatic rings. The van der Waals surface area contributed by atoms with E-state index >= 15 is 0 Å². The van der Waals surface area contributed by atoms with E-state index in [1.807, 2.05) is 18.8 Å². The lowest BCUT2D eigenvalue weighted by Gasteiger charge is -2.28. The van der Waals surface area contributed by atoms with Gasteiger partial charge in [-0.3, -0.25) is 23.7 Å². The molecule has 2 unspecified atom stereocenters. The molecule has 14 heteroatoms. The maximum Gasteiger partial charge on any atom is 0.459 e. The number of esters is 1. The maximum atomic E-state index is 14.0. The molecule has 0 saturated carbocycles. The number of aliphatic hydroxyl groups excluding tert-OH is 1. The van der Waals surface area contributed by atoms with Crippen LogP contribution in [0.3, 0.4) is 0 Å². The molecule has 1 fully saturated rings. The van der Waals surface area contributed by atoms with Gasteiger partial charge in [-0.1, -0.05) is 32.0 Å². The van der Waals surface area contributed by atoms with Crippen LogP contribution in [-0.2, 0) is 23.4 Å². The molecule has 0 bridgehead atoms. The van der Waals surface area contributed by atoms with Crippen molar-refractivity contribution in [3.63, 3.8) is 0 Å². The predicted octanol–water partition coefficient (Wildman–Crippen LogP) is 1.71. The Morgan fingerprint density at radius 2 is 1.95 bits per heavy atom. The number of benzene rings is 1. The zero-order valence-corrected chi connectivity index (χ0v) is 23.2. The fraction of sp³-hybridized carbons (Fsp3) is 0.560. The maximum absolute atomic E-state index is 14.0. The standard InChI is InChI=1S/C25H36N3O10P/c1-15(2)13-18(22(31)36-16(3)4)27-39(34,38-17-9-7-6-8-10-17)35-14-19-21(30)25(5,33)23(37-19)28-12-11-20(29)26-24(28)32/h6-12,15-16,18-19,21,23,30,33H,13-14H2,1-5H3,(H,27,34)(H,26,29,32)/t18?,19-,21-,23-,25-,39?/m1/s1/i11D,12D. The Bertz CT molecular complexity index is 1380. The van der Waals surface area contributed by atoms with Gasteiger partial charge in [0.1, 0.15) is 29.6 Å². The molecule has 2 heterocycles. The van der Waals surface area contributed by atoms with Crippen molar-refractivity contribution in [1.29, 1.82) is 0 Å². The number of aliphatic hydroxyl groups is 2. The lowest BCUT2D eigenvalue weighted by molar-refractivity contribution is -0.150. The number of carbonyl (C=O) groups excluding carboxylic acids is 1. The highest BCUT2D eigenvalue weighted by atomic mass is 31.2. The molecular formula is C25H36N3O10P. The number of aromatic nitrogens is 2. The summed E-state index contributed by atoms with van der Waals surface area (Å²) in [4.78, 5) is 38.8. The van der Waals surface area contributed by atoms with Gasteiger partial charge in [0.05, 0.1) is 15.5 Å². The number of rotatable bonds is 12. The molecule has 0 spiro atoms. The smallest absolute Gasteiger partial charge is 0.459 e. The van der Waals surface area contributed by atoms with E-state index in [0.29, 0.717) is 4.57 Å². The Hall–Kier alpha value is -2.80. The summed E-state index contributed by atoms with van der Waals surface area (Å²) in [6.45, 7) is 7.50. The van der Waals surface area contributed by atoms with E-state index in [9.17, 15) is 29.2 Å². The summed E-state index contributed by atoms with van der Waals surface area (Å²) in [6.07, 6.45) is -5.97. The Balaban J connectivity index is 1.90. The molecular weight excluding hydrogens is 533 g/mol. The molecule has 6 atom stereocenters. The predicted molar refractivity (Wildman–Crippen MR) is 140 cm³/mol. The van der Waals surface area contributed by atoms with Crippen LogP contribution >= 0.6 is 7.75 Å². The highest BCUT2D eigenvalue weighted by molar-refractivity contribution is 7.52. The fourth-order valence-electron chi connectivity index (χ4n) is 3.93. The molecule has 1 saturated heterocycles. The molecule has 39 heavy (non-hydrogen) atoms. The van der Waals surface area contributed by atoms with Gasteiger partial charge >= 0.3 is 19.4 Å². The van der Waals surface area contributed by atoms with Gasteiger partial charge in [0, 0.05) is 12.2 Å². The second-order valence-corrected chi connectivity index (χ2v) is 11.8. The molecule has 1 aromatic heterocycles. The molecule has 0 aliphatic carbocycles. The quantitative estimate of drug-likeness (QED) is 0.215. The normalized spacial score (nSPS) is 26.1. The molecule has 3 rings (SSSR count). The molecule has 216 valence electrons. The number of hydrogen-bond acceptors (Lipinski definition) is 10.